The van der Waals surface area contributed by atoms with E-state index in [1.807, 2.05) is 6.92 Å². The number of thiocarbonyl (C=S) groups is 1. The highest BCUT2D eigenvalue weighted by molar-refractivity contribution is 7.80. The predicted octanol–water partition coefficient (Wildman–Crippen LogP) is 5.09. The average molecular weight is 532 g/mol. The molecule has 0 atom stereocenters. The number of esters is 1. The molecule has 1 aliphatic carbocycles. The van der Waals surface area contributed by atoms with E-state index in [1.165, 1.54) is 6.92 Å². The van der Waals surface area contributed by atoms with Gasteiger partial charge in [0.2, 0.25) is 0 Å². The number of aromatic nitrogens is 2. The molecule has 0 aliphatic heterocycles. The Labute approximate surface area is 209 Å². The van der Waals surface area contributed by atoms with E-state index in [0.29, 0.717) is 24.2 Å². The summed E-state index contributed by atoms with van der Waals surface area (Å²) in [6.07, 6.45) is 1.92. The number of carbonyl (C=O) groups is 1. The minimum atomic E-state index is -3.31. The predicted molar refractivity (Wildman–Crippen MR) is 129 cm³/mol. The summed E-state index contributed by atoms with van der Waals surface area (Å²) in [5.74, 6) is -4.47. The van der Waals surface area contributed by atoms with Gasteiger partial charge < -0.3 is 4.74 Å². The van der Waals surface area contributed by atoms with Crippen LogP contribution in [0, 0.1) is 32.9 Å². The van der Waals surface area contributed by atoms with Gasteiger partial charge in [0.15, 0.2) is 5.82 Å². The van der Waals surface area contributed by atoms with Crippen molar-refractivity contribution in [1.29, 1.82) is 0 Å². The Morgan fingerprint density at radius 3 is 2.34 bits per heavy atom. The van der Waals surface area contributed by atoms with E-state index in [-0.39, 0.29) is 27.3 Å². The topological polar surface area (TPSA) is 96.4 Å². The maximum absolute atomic E-state index is 14.2. The number of alkyl halides is 2. The quantitative estimate of drug-likeness (QED) is 0.222. The van der Waals surface area contributed by atoms with Gasteiger partial charge in [-0.05, 0) is 45.7 Å². The molecule has 13 heteroatoms. The van der Waals surface area contributed by atoms with Crippen LogP contribution < -0.4 is 5.69 Å². The number of hydrogen-bond donors (Lipinski definition) is 0. The Bertz CT molecular complexity index is 1310. The summed E-state index contributed by atoms with van der Waals surface area (Å²) in [5.41, 5.74) is -2.47. The molecule has 1 saturated carbocycles. The van der Waals surface area contributed by atoms with Crippen LogP contribution in [0.2, 0.25) is 0 Å². The van der Waals surface area contributed by atoms with Crippen molar-refractivity contribution in [3.63, 3.8) is 0 Å². The third-order valence-corrected chi connectivity index (χ3v) is 5.79. The number of nitro benzene ring substituents is 1. The highest BCUT2D eigenvalue weighted by atomic mass is 32.1. The van der Waals surface area contributed by atoms with Crippen LogP contribution in [0.1, 0.15) is 44.9 Å². The van der Waals surface area contributed by atoms with Gasteiger partial charge in [-0.3, -0.25) is 19.5 Å². The Balaban J connectivity index is 0.000000328. The van der Waals surface area contributed by atoms with Crippen molar-refractivity contribution in [3.05, 3.63) is 60.5 Å². The SMILES string of the molecule is CC(=S)COC(=O)C1(C)CC1.Cc1cc(-n2c(=S)cc(C(C)(F)F)n(C)c2=O)c(F)cc1[N+](=O)[O-]. The first kappa shape index (κ1) is 28.3. The van der Waals surface area contributed by atoms with Crippen LogP contribution >= 0.6 is 24.4 Å². The van der Waals surface area contributed by atoms with Gasteiger partial charge >= 0.3 is 11.7 Å². The number of rotatable bonds is 6. The molecule has 0 saturated heterocycles. The van der Waals surface area contributed by atoms with Crippen molar-refractivity contribution in [2.45, 2.75) is 46.5 Å². The lowest BCUT2D eigenvalue weighted by atomic mass is 10.1. The lowest BCUT2D eigenvalue weighted by Crippen LogP contribution is -2.34. The largest absolute Gasteiger partial charge is 0.460 e. The molecule has 190 valence electrons. The molecular weight excluding hydrogens is 507 g/mol. The first-order valence-corrected chi connectivity index (χ1v) is 11.1. The molecule has 0 unspecified atom stereocenters. The van der Waals surface area contributed by atoms with Crippen molar-refractivity contribution in [2.75, 3.05) is 6.61 Å². The standard InChI is InChI=1S/C14H12F3N3O3S.C8H12O2S/c1-7-4-10(8(15)5-9(7)20(22)23)19-12(24)6-11(14(2,16)17)18(3)13(19)21;1-6(11)5-10-7(9)8(2)3-4-8/h4-6H,1-3H3;3-5H2,1-2H3. The molecule has 2 aromatic rings. The molecule has 3 rings (SSSR count). The summed E-state index contributed by atoms with van der Waals surface area (Å²) in [5, 5.41) is 10.8. The molecule has 1 aromatic heterocycles. The van der Waals surface area contributed by atoms with Gasteiger partial charge in [0.05, 0.1) is 27.8 Å². The molecule has 0 N–H and O–H groups in total. The number of halogens is 3. The lowest BCUT2D eigenvalue weighted by molar-refractivity contribution is -0.385. The van der Waals surface area contributed by atoms with Crippen molar-refractivity contribution < 1.29 is 27.6 Å². The van der Waals surface area contributed by atoms with E-state index >= 15 is 0 Å². The molecule has 0 radical (unpaired) electrons. The van der Waals surface area contributed by atoms with Crippen LogP contribution in [0.25, 0.3) is 5.69 Å². The van der Waals surface area contributed by atoms with E-state index in [0.717, 1.165) is 41.5 Å². The van der Waals surface area contributed by atoms with Crippen LogP contribution in [0.15, 0.2) is 23.0 Å². The van der Waals surface area contributed by atoms with Gasteiger partial charge in [0, 0.05) is 24.4 Å². The zero-order valence-corrected chi connectivity index (χ0v) is 21.3. The molecule has 1 heterocycles. The third kappa shape index (κ3) is 6.60. The van der Waals surface area contributed by atoms with Gasteiger partial charge in [0.1, 0.15) is 11.2 Å². The van der Waals surface area contributed by atoms with Crippen molar-refractivity contribution in [1.82, 2.24) is 9.13 Å². The molecule has 0 bridgehead atoms. The zero-order chi connectivity index (χ0) is 26.9. The number of ether oxygens (including phenoxy) is 1. The minimum Gasteiger partial charge on any atom is -0.460 e. The van der Waals surface area contributed by atoms with E-state index in [2.05, 4.69) is 0 Å². The smallest absolute Gasteiger partial charge is 0.334 e. The number of nitro groups is 1. The Morgan fingerprint density at radius 2 is 1.89 bits per heavy atom. The summed E-state index contributed by atoms with van der Waals surface area (Å²) < 4.78 is 47.3. The van der Waals surface area contributed by atoms with Gasteiger partial charge in [-0.1, -0.05) is 24.4 Å². The van der Waals surface area contributed by atoms with E-state index < -0.39 is 33.7 Å². The first-order valence-electron chi connectivity index (χ1n) is 10.3. The van der Waals surface area contributed by atoms with Crippen LogP contribution in [0.3, 0.4) is 0 Å². The van der Waals surface area contributed by atoms with E-state index in [9.17, 15) is 32.9 Å². The van der Waals surface area contributed by atoms with Gasteiger partial charge in [0.25, 0.3) is 11.6 Å². The van der Waals surface area contributed by atoms with E-state index in [4.69, 9.17) is 29.2 Å². The highest BCUT2D eigenvalue weighted by Gasteiger charge is 2.46. The molecule has 1 aliphatic rings. The number of hydrogen-bond acceptors (Lipinski definition) is 7. The minimum absolute atomic E-state index is 0.0956. The van der Waals surface area contributed by atoms with Crippen molar-refractivity contribution in [2.24, 2.45) is 12.5 Å². The summed E-state index contributed by atoms with van der Waals surface area (Å²) in [6, 6.07) is 2.63. The van der Waals surface area contributed by atoms with Crippen LogP contribution in [0.5, 0.6) is 0 Å². The second-order valence-electron chi connectivity index (χ2n) is 8.62. The molecule has 8 nitrogen and oxygen atoms in total. The summed E-state index contributed by atoms with van der Waals surface area (Å²) in [4.78, 5) is 34.3. The maximum Gasteiger partial charge on any atom is 0.334 e. The lowest BCUT2D eigenvalue weighted by Gasteiger charge is -2.17. The Hall–Kier alpha value is -2.93. The highest BCUT2D eigenvalue weighted by Crippen LogP contribution is 2.45. The summed E-state index contributed by atoms with van der Waals surface area (Å²) >= 11 is 9.72. The number of aryl methyl sites for hydroxylation is 1. The van der Waals surface area contributed by atoms with Crippen molar-refractivity contribution in [3.8, 4) is 5.69 Å². The molecule has 1 aromatic carbocycles. The van der Waals surface area contributed by atoms with E-state index in [1.54, 1.807) is 6.92 Å². The molecule has 1 fully saturated rings. The Kier molecular flexibility index (Phi) is 8.38. The number of nitrogens with zero attached hydrogens (tertiary/aromatic N) is 3. The average Bonchev–Trinajstić information content (AvgIpc) is 3.49. The van der Waals surface area contributed by atoms with Gasteiger partial charge in [-0.15, -0.1) is 0 Å². The zero-order valence-electron chi connectivity index (χ0n) is 19.7. The second kappa shape index (κ2) is 10.4. The summed E-state index contributed by atoms with van der Waals surface area (Å²) in [6.45, 7) is 5.97. The van der Waals surface area contributed by atoms with Crippen molar-refractivity contribution >= 4 is 41.0 Å². The van der Waals surface area contributed by atoms with Gasteiger partial charge in [-0.2, -0.15) is 0 Å². The molecule has 35 heavy (non-hydrogen) atoms. The fourth-order valence-electron chi connectivity index (χ4n) is 3.03. The van der Waals surface area contributed by atoms with Crippen LogP contribution in [0.4, 0.5) is 18.9 Å². The number of benzene rings is 1. The fraction of sp³-hybridized carbons (Fsp3) is 0.455. The fourth-order valence-corrected chi connectivity index (χ4v) is 3.37. The monoisotopic (exact) mass is 531 g/mol. The first-order chi connectivity index (χ1) is 16.0. The Morgan fingerprint density at radius 1 is 1.31 bits per heavy atom. The third-order valence-electron chi connectivity index (χ3n) is 5.37. The van der Waals surface area contributed by atoms with Crippen LogP contribution in [-0.4, -0.2) is 31.5 Å². The normalized spacial score (nSPS) is 13.9. The second-order valence-corrected chi connectivity index (χ2v) is 9.73. The maximum atomic E-state index is 14.2. The van der Waals surface area contributed by atoms with Gasteiger partial charge in [-0.25, -0.2) is 22.5 Å². The molecular formula is C22H24F3N3O5S2. The molecule has 0 spiro atoms. The number of carbonyl (C=O) groups excluding carboxylic acids is 1. The molecule has 0 amide bonds. The van der Waals surface area contributed by atoms with Crippen LogP contribution in [-0.2, 0) is 22.5 Å². The summed E-state index contributed by atoms with van der Waals surface area (Å²) in [7, 11) is 1.11.